The van der Waals surface area contributed by atoms with E-state index in [4.69, 9.17) is 21.7 Å². The first-order chi connectivity index (χ1) is 14.0. The van der Waals surface area contributed by atoms with E-state index >= 15 is 0 Å². The molecule has 0 atom stereocenters. The maximum absolute atomic E-state index is 12.3. The molecule has 8 nitrogen and oxygen atoms in total. The van der Waals surface area contributed by atoms with Crippen molar-refractivity contribution in [1.82, 2.24) is 10.2 Å². The van der Waals surface area contributed by atoms with Crippen LogP contribution in [0.3, 0.4) is 0 Å². The molecule has 0 saturated carbocycles. The first-order valence-corrected chi connectivity index (χ1v) is 9.39. The fraction of sp³-hybridized carbons (Fsp3) is 0.200. The number of nitrogens with zero attached hydrogens (tertiary/aromatic N) is 1. The van der Waals surface area contributed by atoms with Gasteiger partial charge >= 0.3 is 0 Å². The van der Waals surface area contributed by atoms with E-state index in [0.717, 1.165) is 4.90 Å². The van der Waals surface area contributed by atoms with Gasteiger partial charge in [0, 0.05) is 24.7 Å². The van der Waals surface area contributed by atoms with Crippen molar-refractivity contribution in [3.05, 3.63) is 53.6 Å². The summed E-state index contributed by atoms with van der Waals surface area (Å²) in [5, 5.41) is 5.55. The molecule has 2 heterocycles. The quantitative estimate of drug-likeness (QED) is 0.586. The van der Waals surface area contributed by atoms with E-state index in [1.807, 2.05) is 0 Å². The van der Waals surface area contributed by atoms with Gasteiger partial charge in [0.25, 0.3) is 11.8 Å². The smallest absolute Gasteiger partial charge is 0.261 e. The fourth-order valence-electron chi connectivity index (χ4n) is 3.13. The summed E-state index contributed by atoms with van der Waals surface area (Å²) in [6.07, 6.45) is -0.0611. The summed E-state index contributed by atoms with van der Waals surface area (Å²) in [5.74, 6) is 0.0565. The summed E-state index contributed by atoms with van der Waals surface area (Å²) in [4.78, 5) is 37.9. The molecule has 2 aliphatic rings. The number of carbonyl (C=O) groups excluding carboxylic acids is 3. The number of hydrogen-bond acceptors (Lipinski definition) is 6. The van der Waals surface area contributed by atoms with E-state index in [9.17, 15) is 14.4 Å². The van der Waals surface area contributed by atoms with Gasteiger partial charge in [-0.3, -0.25) is 19.3 Å². The summed E-state index contributed by atoms with van der Waals surface area (Å²) in [6.45, 7) is 0.946. The maximum atomic E-state index is 12.3. The van der Waals surface area contributed by atoms with Crippen LogP contribution < -0.4 is 20.1 Å². The lowest BCUT2D eigenvalue weighted by Crippen LogP contribution is -2.38. The molecule has 2 aromatic rings. The van der Waals surface area contributed by atoms with Crippen molar-refractivity contribution in [3.8, 4) is 11.5 Å². The third-order valence-corrected chi connectivity index (χ3v) is 4.70. The van der Waals surface area contributed by atoms with E-state index in [2.05, 4.69) is 10.6 Å². The highest BCUT2D eigenvalue weighted by molar-refractivity contribution is 7.80. The Bertz CT molecular complexity index is 988. The molecule has 29 heavy (non-hydrogen) atoms. The van der Waals surface area contributed by atoms with Crippen LogP contribution in [0.15, 0.2) is 42.5 Å². The third kappa shape index (κ3) is 3.90. The zero-order chi connectivity index (χ0) is 20.4. The van der Waals surface area contributed by atoms with Crippen LogP contribution in [0, 0.1) is 0 Å². The second-order valence-electron chi connectivity index (χ2n) is 6.42. The average molecular weight is 411 g/mol. The number of anilines is 1. The Kier molecular flexibility index (Phi) is 5.13. The molecule has 148 valence electrons. The van der Waals surface area contributed by atoms with E-state index in [1.54, 1.807) is 42.5 Å². The van der Waals surface area contributed by atoms with Crippen molar-refractivity contribution >= 4 is 40.7 Å². The largest absolute Gasteiger partial charge is 0.486 e. The molecular formula is C20H17N3O5S. The summed E-state index contributed by atoms with van der Waals surface area (Å²) in [7, 11) is 0. The number of benzene rings is 2. The van der Waals surface area contributed by atoms with Crippen LogP contribution >= 0.6 is 12.2 Å². The maximum Gasteiger partial charge on any atom is 0.261 e. The molecule has 0 saturated heterocycles. The van der Waals surface area contributed by atoms with Crippen molar-refractivity contribution in [3.63, 3.8) is 0 Å². The second kappa shape index (κ2) is 7.88. The summed E-state index contributed by atoms with van der Waals surface area (Å²) >= 11 is 5.16. The van der Waals surface area contributed by atoms with Gasteiger partial charge in [-0.15, -0.1) is 0 Å². The van der Waals surface area contributed by atoms with Crippen LogP contribution in [0.1, 0.15) is 27.1 Å². The topological polar surface area (TPSA) is 97.0 Å². The summed E-state index contributed by atoms with van der Waals surface area (Å²) < 4.78 is 11.0. The third-order valence-electron chi connectivity index (χ3n) is 4.49. The lowest BCUT2D eigenvalue weighted by Gasteiger charge is -2.19. The highest BCUT2D eigenvalue weighted by Crippen LogP contribution is 2.32. The number of imide groups is 1. The van der Waals surface area contributed by atoms with Crippen LogP contribution in [0.4, 0.5) is 5.69 Å². The van der Waals surface area contributed by atoms with E-state index < -0.39 is 17.7 Å². The zero-order valence-electron chi connectivity index (χ0n) is 15.3. The summed E-state index contributed by atoms with van der Waals surface area (Å²) in [6, 6.07) is 11.8. The Morgan fingerprint density at radius 2 is 1.66 bits per heavy atom. The van der Waals surface area contributed by atoms with Gasteiger partial charge in [-0.25, -0.2) is 0 Å². The number of nitrogens with one attached hydrogen (secondary N) is 2. The van der Waals surface area contributed by atoms with Crippen LogP contribution in [0.25, 0.3) is 0 Å². The van der Waals surface area contributed by atoms with Crippen LogP contribution in [0.2, 0.25) is 0 Å². The molecular weight excluding hydrogens is 394 g/mol. The van der Waals surface area contributed by atoms with E-state index in [-0.39, 0.29) is 18.1 Å². The number of carbonyl (C=O) groups is 3. The van der Waals surface area contributed by atoms with Gasteiger partial charge < -0.3 is 20.1 Å². The van der Waals surface area contributed by atoms with Gasteiger partial charge in [0.2, 0.25) is 5.91 Å². The molecule has 2 aromatic carbocycles. The molecule has 0 aliphatic carbocycles. The van der Waals surface area contributed by atoms with Crippen molar-refractivity contribution in [1.29, 1.82) is 0 Å². The minimum Gasteiger partial charge on any atom is -0.486 e. The normalized spacial score (nSPS) is 14.4. The monoisotopic (exact) mass is 411 g/mol. The molecule has 2 aliphatic heterocycles. The minimum atomic E-state index is -0.406. The van der Waals surface area contributed by atoms with E-state index in [1.165, 1.54) is 0 Å². The lowest BCUT2D eigenvalue weighted by molar-refractivity contribution is -0.119. The average Bonchev–Trinajstić information content (AvgIpc) is 2.96. The molecule has 0 bridgehead atoms. The molecule has 4 rings (SSSR count). The van der Waals surface area contributed by atoms with Gasteiger partial charge in [0.1, 0.15) is 13.2 Å². The number of ether oxygens (including phenoxy) is 2. The Labute approximate surface area is 171 Å². The van der Waals surface area contributed by atoms with Crippen LogP contribution in [-0.4, -0.2) is 47.5 Å². The highest BCUT2D eigenvalue weighted by Gasteiger charge is 2.34. The van der Waals surface area contributed by atoms with Gasteiger partial charge in [-0.2, -0.15) is 0 Å². The van der Waals surface area contributed by atoms with E-state index in [0.29, 0.717) is 41.5 Å². The van der Waals surface area contributed by atoms with Gasteiger partial charge in [-0.1, -0.05) is 12.1 Å². The molecule has 3 amide bonds. The molecule has 9 heteroatoms. The number of rotatable bonds is 4. The molecule has 0 radical (unpaired) electrons. The predicted molar refractivity (Wildman–Crippen MR) is 108 cm³/mol. The van der Waals surface area contributed by atoms with Gasteiger partial charge in [0.05, 0.1) is 11.1 Å². The first-order valence-electron chi connectivity index (χ1n) is 8.98. The molecule has 2 N–H and O–H groups in total. The Hall–Kier alpha value is -3.46. The SMILES string of the molecule is O=C(CCN1C(=O)c2ccccc2C1=O)NC(=S)Nc1ccc2c(c1)OCCO2. The zero-order valence-corrected chi connectivity index (χ0v) is 16.1. The second-order valence-corrected chi connectivity index (χ2v) is 6.83. The fourth-order valence-corrected chi connectivity index (χ4v) is 3.36. The number of hydrogen-bond donors (Lipinski definition) is 2. The van der Waals surface area contributed by atoms with Gasteiger partial charge in [0.15, 0.2) is 16.6 Å². The molecule has 0 unspecified atom stereocenters. The Morgan fingerprint density at radius 1 is 1.00 bits per heavy atom. The van der Waals surface area contributed by atoms with Crippen molar-refractivity contribution < 1.29 is 23.9 Å². The molecule has 0 aromatic heterocycles. The van der Waals surface area contributed by atoms with Crippen molar-refractivity contribution in [2.75, 3.05) is 25.1 Å². The number of fused-ring (bicyclic) bond motifs is 2. The van der Waals surface area contributed by atoms with Crippen LogP contribution in [-0.2, 0) is 4.79 Å². The first kappa shape index (κ1) is 18.9. The molecule has 0 spiro atoms. The lowest BCUT2D eigenvalue weighted by atomic mass is 10.1. The minimum absolute atomic E-state index is 0.0230. The Morgan fingerprint density at radius 3 is 2.34 bits per heavy atom. The summed E-state index contributed by atoms with van der Waals surface area (Å²) in [5.41, 5.74) is 1.35. The molecule has 0 fully saturated rings. The van der Waals surface area contributed by atoms with Crippen molar-refractivity contribution in [2.45, 2.75) is 6.42 Å². The van der Waals surface area contributed by atoms with Gasteiger partial charge in [-0.05, 0) is 36.5 Å². The standard InChI is InChI=1S/C20H17N3O5S/c24-17(7-8-23-18(25)13-3-1-2-4-14(13)19(23)26)22-20(29)21-12-5-6-15-16(11-12)28-10-9-27-15/h1-6,11H,7-10H2,(H2,21,22,24,29). The predicted octanol–water partition coefficient (Wildman–Crippen LogP) is 1.96. The number of amides is 3. The van der Waals surface area contributed by atoms with Crippen molar-refractivity contribution in [2.24, 2.45) is 0 Å². The Balaban J connectivity index is 1.29. The van der Waals surface area contributed by atoms with Crippen LogP contribution in [0.5, 0.6) is 11.5 Å². The number of thiocarbonyl (C=S) groups is 1. The highest BCUT2D eigenvalue weighted by atomic mass is 32.1.